The third-order valence-corrected chi connectivity index (χ3v) is 3.10. The Morgan fingerprint density at radius 2 is 2.00 bits per heavy atom. The van der Waals surface area contributed by atoms with Gasteiger partial charge in [-0.05, 0) is 0 Å². The number of anilines is 1. The van der Waals surface area contributed by atoms with E-state index in [9.17, 15) is 0 Å². The molecule has 15 heavy (non-hydrogen) atoms. The fraction of sp³-hybridized carbons (Fsp3) is 0. The fourth-order valence-corrected chi connectivity index (χ4v) is 2.33. The molecule has 0 spiro atoms. The highest BCUT2D eigenvalue weighted by Crippen LogP contribution is 2.27. The fourth-order valence-electron chi connectivity index (χ4n) is 1.61. The van der Waals surface area contributed by atoms with E-state index in [1.807, 2.05) is 46.3 Å². The van der Waals surface area contributed by atoms with E-state index in [2.05, 4.69) is 4.98 Å². The lowest BCUT2D eigenvalue weighted by atomic mass is 10.1. The molecule has 74 valence electrons. The standard InChI is InChI=1S/C11H9N3S/c12-10-9(8-4-2-1-3-5-8)13-11-14(10)6-7-15-11/h1-7H,12H2. The average molecular weight is 215 g/mol. The molecule has 0 bridgehead atoms. The Morgan fingerprint density at radius 3 is 2.73 bits per heavy atom. The molecule has 2 N–H and O–H groups in total. The molecule has 2 heterocycles. The zero-order valence-electron chi connectivity index (χ0n) is 7.92. The first kappa shape index (κ1) is 8.49. The Morgan fingerprint density at radius 1 is 1.20 bits per heavy atom. The van der Waals surface area contributed by atoms with Crippen molar-refractivity contribution in [1.82, 2.24) is 9.38 Å². The molecule has 0 aliphatic heterocycles. The highest BCUT2D eigenvalue weighted by atomic mass is 32.1. The van der Waals surface area contributed by atoms with Crippen molar-refractivity contribution in [2.45, 2.75) is 0 Å². The van der Waals surface area contributed by atoms with Crippen molar-refractivity contribution < 1.29 is 0 Å². The first-order valence-electron chi connectivity index (χ1n) is 4.63. The van der Waals surface area contributed by atoms with Crippen molar-refractivity contribution in [3.8, 4) is 11.3 Å². The molecule has 3 nitrogen and oxygen atoms in total. The van der Waals surface area contributed by atoms with E-state index in [0.29, 0.717) is 5.82 Å². The maximum atomic E-state index is 6.02. The molecular formula is C11H9N3S. The van der Waals surface area contributed by atoms with E-state index in [4.69, 9.17) is 5.73 Å². The SMILES string of the molecule is Nc1c(-c2ccccc2)nc2sccn12. The van der Waals surface area contributed by atoms with Crippen molar-refractivity contribution in [3.05, 3.63) is 41.9 Å². The first-order valence-corrected chi connectivity index (χ1v) is 5.50. The number of nitrogen functional groups attached to an aromatic ring is 1. The van der Waals surface area contributed by atoms with Crippen LogP contribution in [0, 0.1) is 0 Å². The Kier molecular flexibility index (Phi) is 1.76. The van der Waals surface area contributed by atoms with Gasteiger partial charge < -0.3 is 5.73 Å². The third-order valence-electron chi connectivity index (χ3n) is 2.35. The summed E-state index contributed by atoms with van der Waals surface area (Å²) in [6.07, 6.45) is 1.94. The van der Waals surface area contributed by atoms with Crippen molar-refractivity contribution in [2.24, 2.45) is 0 Å². The van der Waals surface area contributed by atoms with E-state index in [0.717, 1.165) is 16.2 Å². The Bertz CT molecular complexity index is 595. The van der Waals surface area contributed by atoms with Gasteiger partial charge in [0.05, 0.1) is 0 Å². The van der Waals surface area contributed by atoms with Gasteiger partial charge in [-0.1, -0.05) is 30.3 Å². The summed E-state index contributed by atoms with van der Waals surface area (Å²) in [6, 6.07) is 9.99. The van der Waals surface area contributed by atoms with Gasteiger partial charge in [-0.15, -0.1) is 11.3 Å². The average Bonchev–Trinajstić information content (AvgIpc) is 2.83. The van der Waals surface area contributed by atoms with Crippen molar-refractivity contribution in [2.75, 3.05) is 5.73 Å². The van der Waals surface area contributed by atoms with Crippen LogP contribution in [0.5, 0.6) is 0 Å². The molecule has 2 aromatic heterocycles. The zero-order chi connectivity index (χ0) is 10.3. The van der Waals surface area contributed by atoms with Crippen LogP contribution in [-0.4, -0.2) is 9.38 Å². The Balaban J connectivity index is 2.27. The largest absolute Gasteiger partial charge is 0.383 e. The molecule has 0 saturated carbocycles. The molecule has 3 rings (SSSR count). The molecule has 0 amide bonds. The first-order chi connectivity index (χ1) is 7.36. The summed E-state index contributed by atoms with van der Waals surface area (Å²) in [7, 11) is 0. The van der Waals surface area contributed by atoms with E-state index < -0.39 is 0 Å². The van der Waals surface area contributed by atoms with Crippen LogP contribution in [0.2, 0.25) is 0 Å². The van der Waals surface area contributed by atoms with Crippen molar-refractivity contribution in [1.29, 1.82) is 0 Å². The molecule has 0 aliphatic carbocycles. The topological polar surface area (TPSA) is 43.3 Å². The lowest BCUT2D eigenvalue weighted by molar-refractivity contribution is 1.24. The van der Waals surface area contributed by atoms with E-state index in [1.54, 1.807) is 11.3 Å². The maximum Gasteiger partial charge on any atom is 0.195 e. The minimum absolute atomic E-state index is 0.706. The number of imidazole rings is 1. The number of aromatic nitrogens is 2. The summed E-state index contributed by atoms with van der Waals surface area (Å²) in [5.41, 5.74) is 7.95. The predicted molar refractivity (Wildman–Crippen MR) is 62.9 cm³/mol. The molecule has 0 unspecified atom stereocenters. The van der Waals surface area contributed by atoms with Gasteiger partial charge in [-0.25, -0.2) is 4.98 Å². The number of nitrogens with two attached hydrogens (primary N) is 1. The van der Waals surface area contributed by atoms with Crippen LogP contribution < -0.4 is 5.73 Å². The van der Waals surface area contributed by atoms with Crippen molar-refractivity contribution >= 4 is 22.1 Å². The van der Waals surface area contributed by atoms with Gasteiger partial charge in [-0.2, -0.15) is 0 Å². The van der Waals surface area contributed by atoms with Crippen molar-refractivity contribution in [3.63, 3.8) is 0 Å². The van der Waals surface area contributed by atoms with E-state index in [-0.39, 0.29) is 0 Å². The highest BCUT2D eigenvalue weighted by Gasteiger charge is 2.10. The Hall–Kier alpha value is -1.81. The number of hydrogen-bond donors (Lipinski definition) is 1. The molecule has 0 atom stereocenters. The summed E-state index contributed by atoms with van der Waals surface area (Å²) < 4.78 is 1.91. The second-order valence-corrected chi connectivity index (χ2v) is 4.14. The number of fused-ring (bicyclic) bond motifs is 1. The number of hydrogen-bond acceptors (Lipinski definition) is 3. The quantitative estimate of drug-likeness (QED) is 0.678. The van der Waals surface area contributed by atoms with E-state index in [1.165, 1.54) is 0 Å². The lowest BCUT2D eigenvalue weighted by Crippen LogP contribution is -1.91. The molecule has 0 radical (unpaired) electrons. The molecule has 0 saturated heterocycles. The molecular weight excluding hydrogens is 206 g/mol. The van der Waals surface area contributed by atoms with Crippen LogP contribution in [0.4, 0.5) is 5.82 Å². The smallest absolute Gasteiger partial charge is 0.195 e. The number of nitrogens with zero attached hydrogens (tertiary/aromatic N) is 2. The summed E-state index contributed by atoms with van der Waals surface area (Å²) in [5, 5.41) is 1.98. The highest BCUT2D eigenvalue weighted by molar-refractivity contribution is 7.15. The monoisotopic (exact) mass is 215 g/mol. The van der Waals surface area contributed by atoms with Gasteiger partial charge in [-0.3, -0.25) is 4.40 Å². The molecule has 4 heteroatoms. The Labute approximate surface area is 90.8 Å². The van der Waals surface area contributed by atoms with Gasteiger partial charge in [0.15, 0.2) is 4.96 Å². The molecule has 1 aromatic carbocycles. The van der Waals surface area contributed by atoms with Gasteiger partial charge >= 0.3 is 0 Å². The van der Waals surface area contributed by atoms with Gasteiger partial charge in [0, 0.05) is 17.1 Å². The van der Waals surface area contributed by atoms with Gasteiger partial charge in [0.2, 0.25) is 0 Å². The minimum Gasteiger partial charge on any atom is -0.383 e. The van der Waals surface area contributed by atoms with Gasteiger partial charge in [0.1, 0.15) is 11.5 Å². The van der Waals surface area contributed by atoms with E-state index >= 15 is 0 Å². The number of rotatable bonds is 1. The molecule has 0 fully saturated rings. The lowest BCUT2D eigenvalue weighted by Gasteiger charge is -1.97. The molecule has 0 aliphatic rings. The van der Waals surface area contributed by atoms with Crippen LogP contribution in [0.15, 0.2) is 41.9 Å². The van der Waals surface area contributed by atoms with Crippen LogP contribution >= 0.6 is 11.3 Å². The second kappa shape index (κ2) is 3.10. The van der Waals surface area contributed by atoms with Crippen LogP contribution in [0.1, 0.15) is 0 Å². The summed E-state index contributed by atoms with van der Waals surface area (Å²) in [6.45, 7) is 0. The predicted octanol–water partition coefficient (Wildman–Crippen LogP) is 2.65. The summed E-state index contributed by atoms with van der Waals surface area (Å²) >= 11 is 1.59. The molecule has 3 aromatic rings. The zero-order valence-corrected chi connectivity index (χ0v) is 8.74. The van der Waals surface area contributed by atoms with Crippen LogP contribution in [0.3, 0.4) is 0 Å². The van der Waals surface area contributed by atoms with Crippen LogP contribution in [0.25, 0.3) is 16.2 Å². The number of thiazole rings is 1. The third kappa shape index (κ3) is 1.22. The van der Waals surface area contributed by atoms with Gasteiger partial charge in [0.25, 0.3) is 0 Å². The normalized spacial score (nSPS) is 10.9. The van der Waals surface area contributed by atoms with Crippen LogP contribution in [-0.2, 0) is 0 Å². The minimum atomic E-state index is 0.706. The number of benzene rings is 1. The summed E-state index contributed by atoms with van der Waals surface area (Å²) in [5.74, 6) is 0.706. The maximum absolute atomic E-state index is 6.02. The second-order valence-electron chi connectivity index (χ2n) is 3.27. The summed E-state index contributed by atoms with van der Waals surface area (Å²) in [4.78, 5) is 5.44.